The van der Waals surface area contributed by atoms with Crippen LogP contribution >= 0.6 is 0 Å². The monoisotopic (exact) mass is 401 g/mol. The number of ether oxygens (including phenoxy) is 1. The van der Waals surface area contributed by atoms with Crippen LogP contribution in [0.4, 0.5) is 0 Å². The number of benzene rings is 2. The Kier molecular flexibility index (Phi) is 5.42. The quantitative estimate of drug-likeness (QED) is 0.651. The Labute approximate surface area is 164 Å². The van der Waals surface area contributed by atoms with Crippen molar-refractivity contribution in [2.75, 3.05) is 6.26 Å². The molecule has 0 saturated heterocycles. The molecule has 7 nitrogen and oxygen atoms in total. The lowest BCUT2D eigenvalue weighted by Crippen LogP contribution is -2.37. The molecule has 1 aromatic heterocycles. The Morgan fingerprint density at radius 2 is 1.89 bits per heavy atom. The summed E-state index contributed by atoms with van der Waals surface area (Å²) in [5.74, 6) is 0.581. The number of aryl methyl sites for hydroxylation is 2. The predicted octanol–water partition coefficient (Wildman–Crippen LogP) is 1.90. The zero-order valence-electron chi connectivity index (χ0n) is 16.0. The number of rotatable bonds is 7. The number of hydrogen-bond acceptors (Lipinski definition) is 5. The fourth-order valence-electron chi connectivity index (χ4n) is 3.03. The average molecular weight is 401 g/mol. The zero-order valence-corrected chi connectivity index (χ0v) is 16.9. The van der Waals surface area contributed by atoms with Crippen molar-refractivity contribution >= 4 is 26.8 Å². The van der Waals surface area contributed by atoms with Crippen LogP contribution in [0.1, 0.15) is 17.0 Å². The Morgan fingerprint density at radius 1 is 1.21 bits per heavy atom. The summed E-state index contributed by atoms with van der Waals surface area (Å²) in [4.78, 5) is 16.0. The number of amides is 1. The van der Waals surface area contributed by atoms with Crippen molar-refractivity contribution in [2.45, 2.75) is 25.2 Å². The van der Waals surface area contributed by atoms with Crippen LogP contribution in [0.15, 0.2) is 42.5 Å². The van der Waals surface area contributed by atoms with E-state index in [1.54, 1.807) is 24.3 Å². The molecule has 1 amide bonds. The van der Waals surface area contributed by atoms with Crippen LogP contribution in [0.3, 0.4) is 0 Å². The van der Waals surface area contributed by atoms with E-state index in [2.05, 4.69) is 11.1 Å². The Bertz CT molecular complexity index is 1120. The molecule has 0 aliphatic carbocycles. The minimum absolute atomic E-state index is 0.0402. The van der Waals surface area contributed by atoms with Gasteiger partial charge in [0.15, 0.2) is 9.84 Å². The predicted molar refractivity (Wildman–Crippen MR) is 108 cm³/mol. The van der Waals surface area contributed by atoms with E-state index in [9.17, 15) is 13.2 Å². The van der Waals surface area contributed by atoms with Crippen molar-refractivity contribution in [2.24, 2.45) is 12.8 Å². The first kappa shape index (κ1) is 19.9. The molecule has 0 fully saturated rings. The maximum atomic E-state index is 11.7. The Morgan fingerprint density at radius 3 is 2.50 bits per heavy atom. The van der Waals surface area contributed by atoms with E-state index < -0.39 is 21.0 Å². The normalized spacial score (nSPS) is 12.8. The molecule has 1 heterocycles. The molecule has 2 N–H and O–H groups in total. The molecule has 0 spiro atoms. The number of aromatic nitrogens is 2. The lowest BCUT2D eigenvalue weighted by Gasteiger charge is -2.12. The number of nitrogens with two attached hydrogens (primary N) is 1. The minimum Gasteiger partial charge on any atom is -0.486 e. The second-order valence-corrected chi connectivity index (χ2v) is 9.16. The molecule has 0 aliphatic rings. The van der Waals surface area contributed by atoms with Gasteiger partial charge in [0.25, 0.3) is 0 Å². The minimum atomic E-state index is -3.56. The molecular weight excluding hydrogens is 378 g/mol. The molecule has 3 rings (SSSR count). The summed E-state index contributed by atoms with van der Waals surface area (Å²) in [7, 11) is -1.61. The van der Waals surface area contributed by atoms with Crippen LogP contribution in [0.25, 0.3) is 11.0 Å². The van der Waals surface area contributed by atoms with Gasteiger partial charge < -0.3 is 15.0 Å². The highest BCUT2D eigenvalue weighted by atomic mass is 32.2. The summed E-state index contributed by atoms with van der Waals surface area (Å²) in [6.07, 6.45) is 1.05. The van der Waals surface area contributed by atoms with E-state index in [0.717, 1.165) is 23.1 Å². The third kappa shape index (κ3) is 4.33. The van der Waals surface area contributed by atoms with Crippen molar-refractivity contribution in [3.8, 4) is 5.75 Å². The van der Waals surface area contributed by atoms with Crippen molar-refractivity contribution < 1.29 is 17.9 Å². The van der Waals surface area contributed by atoms with Gasteiger partial charge in [-0.25, -0.2) is 13.4 Å². The zero-order chi connectivity index (χ0) is 20.5. The van der Waals surface area contributed by atoms with Crippen molar-refractivity contribution in [3.05, 3.63) is 59.4 Å². The van der Waals surface area contributed by atoms with E-state index in [4.69, 9.17) is 10.5 Å². The maximum absolute atomic E-state index is 11.7. The fraction of sp³-hybridized carbons (Fsp3) is 0.300. The number of hydrogen-bond donors (Lipinski definition) is 1. The van der Waals surface area contributed by atoms with Crippen LogP contribution in [0, 0.1) is 6.92 Å². The van der Waals surface area contributed by atoms with E-state index in [1.807, 2.05) is 30.7 Å². The van der Waals surface area contributed by atoms with Crippen molar-refractivity contribution in [3.63, 3.8) is 0 Å². The molecule has 0 radical (unpaired) electrons. The van der Waals surface area contributed by atoms with Gasteiger partial charge in [-0.1, -0.05) is 18.2 Å². The summed E-state index contributed by atoms with van der Waals surface area (Å²) in [5.41, 5.74) is 9.04. The van der Waals surface area contributed by atoms with Gasteiger partial charge >= 0.3 is 0 Å². The van der Waals surface area contributed by atoms with Crippen LogP contribution in [0.2, 0.25) is 0 Å². The summed E-state index contributed by atoms with van der Waals surface area (Å²) in [6.45, 7) is 2.34. The Balaban J connectivity index is 1.70. The number of primary amides is 1. The first-order valence-corrected chi connectivity index (χ1v) is 10.7. The molecule has 0 bridgehead atoms. The molecule has 8 heteroatoms. The van der Waals surface area contributed by atoms with Gasteiger partial charge in [-0.05, 0) is 48.7 Å². The van der Waals surface area contributed by atoms with Crippen LogP contribution in [-0.4, -0.2) is 35.4 Å². The van der Waals surface area contributed by atoms with Gasteiger partial charge in [0.1, 0.15) is 23.4 Å². The smallest absolute Gasteiger partial charge is 0.236 e. The number of nitrogens with zero attached hydrogens (tertiary/aromatic N) is 2. The molecule has 2 aromatic carbocycles. The van der Waals surface area contributed by atoms with Crippen LogP contribution < -0.4 is 10.5 Å². The number of carbonyl (C=O) groups excluding carboxylic acids is 1. The number of fused-ring (bicyclic) bond motifs is 1. The highest BCUT2D eigenvalue weighted by Gasteiger charge is 2.26. The van der Waals surface area contributed by atoms with E-state index in [0.29, 0.717) is 17.9 Å². The summed E-state index contributed by atoms with van der Waals surface area (Å²) in [5, 5.41) is -1.23. The first-order chi connectivity index (χ1) is 13.1. The Hall–Kier alpha value is -2.87. The van der Waals surface area contributed by atoms with E-state index in [1.165, 1.54) is 5.56 Å². The van der Waals surface area contributed by atoms with E-state index in [-0.39, 0.29) is 6.42 Å². The second-order valence-electron chi connectivity index (χ2n) is 6.94. The summed E-state index contributed by atoms with van der Waals surface area (Å²) >= 11 is 0. The second kappa shape index (κ2) is 7.63. The van der Waals surface area contributed by atoms with Gasteiger partial charge in [-0.2, -0.15) is 0 Å². The highest BCUT2D eigenvalue weighted by molar-refractivity contribution is 7.92. The number of sulfone groups is 1. The third-order valence-corrected chi connectivity index (χ3v) is 6.11. The highest BCUT2D eigenvalue weighted by Crippen LogP contribution is 2.20. The lowest BCUT2D eigenvalue weighted by molar-refractivity contribution is -0.117. The summed E-state index contributed by atoms with van der Waals surface area (Å²) in [6, 6.07) is 13.0. The molecular formula is C20H23N3O4S. The van der Waals surface area contributed by atoms with Gasteiger partial charge in [0.2, 0.25) is 5.91 Å². The molecule has 3 aromatic rings. The van der Waals surface area contributed by atoms with Crippen LogP contribution in [-0.2, 0) is 34.7 Å². The van der Waals surface area contributed by atoms with Crippen LogP contribution in [0.5, 0.6) is 5.75 Å². The average Bonchev–Trinajstić information content (AvgIpc) is 2.93. The molecule has 1 unspecified atom stereocenters. The van der Waals surface area contributed by atoms with Crippen molar-refractivity contribution in [1.29, 1.82) is 0 Å². The van der Waals surface area contributed by atoms with Gasteiger partial charge in [-0.15, -0.1) is 0 Å². The van der Waals surface area contributed by atoms with E-state index >= 15 is 0 Å². The van der Waals surface area contributed by atoms with Crippen molar-refractivity contribution in [1.82, 2.24) is 9.55 Å². The number of imidazole rings is 1. The fourth-order valence-corrected chi connectivity index (χ4v) is 3.94. The topological polar surface area (TPSA) is 104 Å². The standard InChI is InChI=1S/C20H23N3O4S/c1-13-4-9-16-17(10-13)23(2)19(22-16)12-27-15-7-5-14(6-8-15)11-18(20(21)24)28(3,25)26/h4-10,18H,11-12H2,1-3H3,(H2,21,24). The maximum Gasteiger partial charge on any atom is 0.236 e. The first-order valence-electron chi connectivity index (χ1n) is 8.77. The largest absolute Gasteiger partial charge is 0.486 e. The van der Waals surface area contributed by atoms with Gasteiger partial charge in [0.05, 0.1) is 11.0 Å². The third-order valence-electron chi connectivity index (χ3n) is 4.68. The number of carbonyl (C=O) groups is 1. The molecule has 1 atom stereocenters. The SMILES string of the molecule is Cc1ccc2nc(COc3ccc(CC(C(N)=O)S(C)(=O)=O)cc3)n(C)c2c1. The molecule has 0 aliphatic heterocycles. The summed E-state index contributed by atoms with van der Waals surface area (Å²) < 4.78 is 31.2. The molecule has 0 saturated carbocycles. The molecule has 28 heavy (non-hydrogen) atoms. The lowest BCUT2D eigenvalue weighted by atomic mass is 10.1. The van der Waals surface area contributed by atoms with Gasteiger partial charge in [-0.3, -0.25) is 4.79 Å². The molecule has 148 valence electrons. The van der Waals surface area contributed by atoms with Gasteiger partial charge in [0, 0.05) is 13.3 Å².